The minimum absolute atomic E-state index is 0.201. The maximum Gasteiger partial charge on any atom is 0.227 e. The van der Waals surface area contributed by atoms with E-state index in [1.165, 1.54) is 0 Å². The lowest BCUT2D eigenvalue weighted by Gasteiger charge is -2.20. The minimum atomic E-state index is 0.201. The number of para-hydroxylation sites is 1. The molecule has 0 aliphatic carbocycles. The number of hydrogen-bond acceptors (Lipinski definition) is 2. The van der Waals surface area contributed by atoms with Gasteiger partial charge in [-0.1, -0.05) is 44.2 Å². The molecule has 0 N–H and O–H groups in total. The Morgan fingerprint density at radius 3 is 2.52 bits per heavy atom. The highest BCUT2D eigenvalue weighted by atomic mass is 16.5. The van der Waals surface area contributed by atoms with Crippen LogP contribution in [-0.2, 0) is 11.2 Å². The van der Waals surface area contributed by atoms with Gasteiger partial charge in [0.05, 0.1) is 6.42 Å². The molecule has 0 radical (unpaired) electrons. The fourth-order valence-electron chi connectivity index (χ4n) is 2.96. The van der Waals surface area contributed by atoms with Gasteiger partial charge in [0.25, 0.3) is 0 Å². The molecule has 3 heteroatoms. The molecule has 1 heterocycles. The lowest BCUT2D eigenvalue weighted by atomic mass is 9.93. The van der Waals surface area contributed by atoms with Gasteiger partial charge in [-0.2, -0.15) is 0 Å². The lowest BCUT2D eigenvalue weighted by molar-refractivity contribution is -0.129. The van der Waals surface area contributed by atoms with Crippen LogP contribution in [0.25, 0.3) is 0 Å². The molecule has 3 nitrogen and oxygen atoms in total. The van der Waals surface area contributed by atoms with Crippen molar-refractivity contribution in [1.29, 1.82) is 0 Å². The van der Waals surface area contributed by atoms with Gasteiger partial charge in [0, 0.05) is 13.1 Å². The molecule has 3 rings (SSSR count). The first-order valence-electron chi connectivity index (χ1n) is 8.11. The Labute approximate surface area is 137 Å². The Hall–Kier alpha value is -2.29. The number of carbonyl (C=O) groups excluding carboxylic acids is 1. The van der Waals surface area contributed by atoms with Gasteiger partial charge >= 0.3 is 0 Å². The van der Waals surface area contributed by atoms with E-state index in [0.29, 0.717) is 6.42 Å². The van der Waals surface area contributed by atoms with Crippen molar-refractivity contribution in [3.05, 3.63) is 60.2 Å². The molecule has 0 atom stereocenters. The predicted octanol–water partition coefficient (Wildman–Crippen LogP) is 4.28. The highest BCUT2D eigenvalue weighted by Gasteiger charge is 2.31. The first-order chi connectivity index (χ1) is 11.0. The maximum atomic E-state index is 12.5. The molecule has 1 amide bonds. The summed E-state index contributed by atoms with van der Waals surface area (Å²) in [5.41, 5.74) is 1.24. The van der Waals surface area contributed by atoms with E-state index in [4.69, 9.17) is 4.74 Å². The summed E-state index contributed by atoms with van der Waals surface area (Å²) in [6.07, 6.45) is 1.51. The van der Waals surface area contributed by atoms with E-state index >= 15 is 0 Å². The van der Waals surface area contributed by atoms with Crippen LogP contribution in [0, 0.1) is 5.41 Å². The summed E-state index contributed by atoms with van der Waals surface area (Å²) in [6.45, 7) is 6.15. The van der Waals surface area contributed by atoms with Crippen LogP contribution >= 0.6 is 0 Å². The molecule has 1 saturated heterocycles. The van der Waals surface area contributed by atoms with Gasteiger partial charge in [-0.05, 0) is 41.7 Å². The molecular formula is C20H23NO2. The van der Waals surface area contributed by atoms with Gasteiger partial charge in [0.2, 0.25) is 5.91 Å². The average Bonchev–Trinajstić information content (AvgIpc) is 2.89. The standard InChI is InChI=1S/C20H23NO2/c1-20(2)11-12-21(15-20)19(22)14-16-7-6-10-18(13-16)23-17-8-4-3-5-9-17/h3-10,13H,11-12,14-15H2,1-2H3. The second kappa shape index (κ2) is 6.45. The van der Waals surface area contributed by atoms with Gasteiger partial charge in [-0.15, -0.1) is 0 Å². The smallest absolute Gasteiger partial charge is 0.227 e. The van der Waals surface area contributed by atoms with Gasteiger partial charge in [0.1, 0.15) is 11.5 Å². The summed E-state index contributed by atoms with van der Waals surface area (Å²) in [6, 6.07) is 17.5. The number of rotatable bonds is 4. The molecular weight excluding hydrogens is 286 g/mol. The summed E-state index contributed by atoms with van der Waals surface area (Å²) < 4.78 is 5.83. The van der Waals surface area contributed by atoms with E-state index in [9.17, 15) is 4.79 Å². The van der Waals surface area contributed by atoms with Crippen LogP contribution < -0.4 is 4.74 Å². The Bertz CT molecular complexity index is 679. The number of hydrogen-bond donors (Lipinski definition) is 0. The van der Waals surface area contributed by atoms with Crippen molar-refractivity contribution in [2.24, 2.45) is 5.41 Å². The van der Waals surface area contributed by atoms with Crippen molar-refractivity contribution in [3.63, 3.8) is 0 Å². The Balaban J connectivity index is 1.65. The maximum absolute atomic E-state index is 12.5. The Kier molecular flexibility index (Phi) is 4.37. The van der Waals surface area contributed by atoms with E-state index in [1.807, 2.05) is 59.5 Å². The normalized spacial score (nSPS) is 16.3. The monoisotopic (exact) mass is 309 g/mol. The fourth-order valence-corrected chi connectivity index (χ4v) is 2.96. The molecule has 1 fully saturated rings. The zero-order valence-electron chi connectivity index (χ0n) is 13.8. The van der Waals surface area contributed by atoms with E-state index in [0.717, 1.165) is 36.6 Å². The zero-order chi connectivity index (χ0) is 16.3. The highest BCUT2D eigenvalue weighted by Crippen LogP contribution is 2.29. The molecule has 0 saturated carbocycles. The van der Waals surface area contributed by atoms with Crippen molar-refractivity contribution in [3.8, 4) is 11.5 Å². The first kappa shape index (κ1) is 15.6. The van der Waals surface area contributed by atoms with Crippen LogP contribution in [0.15, 0.2) is 54.6 Å². The third-order valence-corrected chi connectivity index (χ3v) is 4.26. The number of carbonyl (C=O) groups is 1. The largest absolute Gasteiger partial charge is 0.457 e. The summed E-state index contributed by atoms with van der Waals surface area (Å²) in [7, 11) is 0. The fraction of sp³-hybridized carbons (Fsp3) is 0.350. The van der Waals surface area contributed by atoms with Gasteiger partial charge < -0.3 is 9.64 Å². The van der Waals surface area contributed by atoms with Crippen LogP contribution in [0.1, 0.15) is 25.8 Å². The molecule has 2 aromatic carbocycles. The van der Waals surface area contributed by atoms with Crippen molar-refractivity contribution < 1.29 is 9.53 Å². The van der Waals surface area contributed by atoms with Gasteiger partial charge in [-0.3, -0.25) is 4.79 Å². The molecule has 0 spiro atoms. The third-order valence-electron chi connectivity index (χ3n) is 4.26. The first-order valence-corrected chi connectivity index (χ1v) is 8.11. The molecule has 1 aliphatic heterocycles. The van der Waals surface area contributed by atoms with Crippen molar-refractivity contribution in [2.45, 2.75) is 26.7 Å². The van der Waals surface area contributed by atoms with Crippen LogP contribution in [0.5, 0.6) is 11.5 Å². The molecule has 0 unspecified atom stereocenters. The number of nitrogens with zero attached hydrogens (tertiary/aromatic N) is 1. The van der Waals surface area contributed by atoms with Crippen LogP contribution in [0.2, 0.25) is 0 Å². The SMILES string of the molecule is CC1(C)CCN(C(=O)Cc2cccc(Oc3ccccc3)c2)C1. The number of benzene rings is 2. The summed E-state index contributed by atoms with van der Waals surface area (Å²) in [4.78, 5) is 14.4. The van der Waals surface area contributed by atoms with Crippen molar-refractivity contribution in [2.75, 3.05) is 13.1 Å². The molecule has 0 aromatic heterocycles. The molecule has 2 aromatic rings. The van der Waals surface area contributed by atoms with Crippen molar-refractivity contribution in [1.82, 2.24) is 4.90 Å². The summed E-state index contributed by atoms with van der Waals surface area (Å²) in [5, 5.41) is 0. The van der Waals surface area contributed by atoms with E-state index < -0.39 is 0 Å². The molecule has 1 aliphatic rings. The molecule has 120 valence electrons. The minimum Gasteiger partial charge on any atom is -0.457 e. The number of amides is 1. The Morgan fingerprint density at radius 1 is 1.09 bits per heavy atom. The van der Waals surface area contributed by atoms with Crippen LogP contribution in [0.3, 0.4) is 0 Å². The quantitative estimate of drug-likeness (QED) is 0.843. The molecule has 0 bridgehead atoms. The third kappa shape index (κ3) is 4.13. The topological polar surface area (TPSA) is 29.5 Å². The lowest BCUT2D eigenvalue weighted by Crippen LogP contribution is -2.31. The summed E-state index contributed by atoms with van der Waals surface area (Å²) in [5.74, 6) is 1.77. The van der Waals surface area contributed by atoms with Gasteiger partial charge in [0.15, 0.2) is 0 Å². The molecule has 23 heavy (non-hydrogen) atoms. The second-order valence-corrected chi connectivity index (χ2v) is 6.97. The Morgan fingerprint density at radius 2 is 1.83 bits per heavy atom. The van der Waals surface area contributed by atoms with Crippen molar-refractivity contribution >= 4 is 5.91 Å². The summed E-state index contributed by atoms with van der Waals surface area (Å²) >= 11 is 0. The second-order valence-electron chi connectivity index (χ2n) is 6.97. The highest BCUT2D eigenvalue weighted by molar-refractivity contribution is 5.79. The number of likely N-dealkylation sites (tertiary alicyclic amines) is 1. The van der Waals surface area contributed by atoms with Crippen LogP contribution in [-0.4, -0.2) is 23.9 Å². The van der Waals surface area contributed by atoms with Gasteiger partial charge in [-0.25, -0.2) is 0 Å². The number of ether oxygens (including phenoxy) is 1. The van der Waals surface area contributed by atoms with E-state index in [2.05, 4.69) is 13.8 Å². The predicted molar refractivity (Wildman–Crippen MR) is 91.6 cm³/mol. The van der Waals surface area contributed by atoms with Crippen LogP contribution in [0.4, 0.5) is 0 Å². The zero-order valence-corrected chi connectivity index (χ0v) is 13.8. The van der Waals surface area contributed by atoms with E-state index in [1.54, 1.807) is 0 Å². The van der Waals surface area contributed by atoms with E-state index in [-0.39, 0.29) is 11.3 Å². The average molecular weight is 309 g/mol.